The first-order valence-electron chi connectivity index (χ1n) is 4.21. The third-order valence-electron chi connectivity index (χ3n) is 1.55. The van der Waals surface area contributed by atoms with Crippen LogP contribution in [0.1, 0.15) is 6.42 Å². The molecule has 0 fully saturated rings. The Bertz CT molecular complexity index is 334. The van der Waals surface area contributed by atoms with Crippen molar-refractivity contribution in [1.29, 1.82) is 0 Å². The summed E-state index contributed by atoms with van der Waals surface area (Å²) in [5.74, 6) is 4.98. The number of nitrogens with one attached hydrogen (secondary N) is 1. The number of hydrogen-bond acceptors (Lipinski definition) is 7. The van der Waals surface area contributed by atoms with Crippen molar-refractivity contribution in [2.24, 2.45) is 5.84 Å². The minimum Gasteiger partial charge on any atom is -0.397 e. The largest absolute Gasteiger partial charge is 0.397 e. The Morgan fingerprint density at radius 3 is 3.13 bits per heavy atom. The minimum absolute atomic E-state index is 0.261. The topological polar surface area (TPSA) is 103 Å². The summed E-state index contributed by atoms with van der Waals surface area (Å²) in [6.45, 7) is 0. The molecule has 0 bridgehead atoms. The zero-order chi connectivity index (χ0) is 11.1. The highest BCUT2D eigenvalue weighted by atomic mass is 32.2. The third kappa shape index (κ3) is 4.15. The first kappa shape index (κ1) is 11.8. The number of carbonyl (C=O) groups is 1. The second-order valence-corrected chi connectivity index (χ2v) is 3.74. The van der Waals surface area contributed by atoms with E-state index in [1.54, 1.807) is 18.5 Å². The van der Waals surface area contributed by atoms with Crippen molar-refractivity contribution in [1.82, 2.24) is 10.6 Å². The lowest BCUT2D eigenvalue weighted by Crippen LogP contribution is -2.26. The Morgan fingerprint density at radius 1 is 1.67 bits per heavy atom. The number of nitrogens with two attached hydrogens (primary N) is 2. The van der Waals surface area contributed by atoms with Gasteiger partial charge in [-0.1, -0.05) is 5.59 Å². The number of rotatable bonds is 5. The maximum Gasteiger partial charge on any atom is 0.327 e. The molecule has 1 aromatic rings. The molecule has 1 rings (SSSR count). The van der Waals surface area contributed by atoms with E-state index in [0.717, 1.165) is 4.90 Å². The number of thioether (sulfide) groups is 1. The molecule has 0 aliphatic rings. The average Bonchev–Trinajstić information content (AvgIpc) is 2.21. The lowest BCUT2D eigenvalue weighted by Gasteiger charge is -2.03. The molecule has 0 radical (unpaired) electrons. The van der Waals surface area contributed by atoms with E-state index >= 15 is 0 Å². The van der Waals surface area contributed by atoms with Gasteiger partial charge in [0.1, 0.15) is 0 Å². The monoisotopic (exact) mass is 228 g/mol. The summed E-state index contributed by atoms with van der Waals surface area (Å²) in [6.07, 6.45) is 3.48. The Labute approximate surface area is 91.3 Å². The summed E-state index contributed by atoms with van der Waals surface area (Å²) >= 11 is 1.47. The quantitative estimate of drug-likeness (QED) is 0.372. The van der Waals surface area contributed by atoms with E-state index < -0.39 is 5.97 Å². The molecule has 0 amide bonds. The van der Waals surface area contributed by atoms with E-state index in [9.17, 15) is 4.79 Å². The number of nitrogens with zero attached hydrogens (tertiary/aromatic N) is 1. The van der Waals surface area contributed by atoms with Gasteiger partial charge in [0.05, 0.1) is 18.3 Å². The predicted molar refractivity (Wildman–Crippen MR) is 57.4 cm³/mol. The van der Waals surface area contributed by atoms with E-state index in [2.05, 4.69) is 9.82 Å². The fourth-order valence-electron chi connectivity index (χ4n) is 0.886. The number of carbonyl (C=O) groups excluding carboxylic acids is 1. The van der Waals surface area contributed by atoms with Crippen LogP contribution in [0.2, 0.25) is 0 Å². The molecular weight excluding hydrogens is 216 g/mol. The van der Waals surface area contributed by atoms with Gasteiger partial charge in [-0.25, -0.2) is 5.84 Å². The molecule has 82 valence electrons. The van der Waals surface area contributed by atoms with E-state index in [1.165, 1.54) is 11.8 Å². The van der Waals surface area contributed by atoms with Crippen LogP contribution in [0.3, 0.4) is 0 Å². The highest BCUT2D eigenvalue weighted by Crippen LogP contribution is 2.23. The molecular formula is C8H12N4O2S. The number of pyridine rings is 1. The van der Waals surface area contributed by atoms with Crippen LogP contribution in [-0.4, -0.2) is 16.7 Å². The van der Waals surface area contributed by atoms with Gasteiger partial charge in [0.2, 0.25) is 0 Å². The molecule has 15 heavy (non-hydrogen) atoms. The Kier molecular flexibility index (Phi) is 4.88. The van der Waals surface area contributed by atoms with Gasteiger partial charge in [-0.3, -0.25) is 9.78 Å². The van der Waals surface area contributed by atoms with Gasteiger partial charge in [0.25, 0.3) is 0 Å². The van der Waals surface area contributed by atoms with Crippen LogP contribution in [0.15, 0.2) is 23.4 Å². The molecule has 0 spiro atoms. The molecule has 1 aromatic heterocycles. The Morgan fingerprint density at radius 2 is 2.47 bits per heavy atom. The molecule has 0 aliphatic carbocycles. The van der Waals surface area contributed by atoms with Crippen LogP contribution >= 0.6 is 11.8 Å². The van der Waals surface area contributed by atoms with Crippen molar-refractivity contribution in [2.75, 3.05) is 11.5 Å². The van der Waals surface area contributed by atoms with Gasteiger partial charge in [-0.05, 0) is 6.07 Å². The van der Waals surface area contributed by atoms with Crippen LogP contribution in [-0.2, 0) is 9.63 Å². The van der Waals surface area contributed by atoms with Crippen LogP contribution < -0.4 is 17.2 Å². The van der Waals surface area contributed by atoms with Crippen molar-refractivity contribution >= 4 is 23.4 Å². The van der Waals surface area contributed by atoms with E-state index in [0.29, 0.717) is 11.4 Å². The highest BCUT2D eigenvalue weighted by Gasteiger charge is 2.04. The van der Waals surface area contributed by atoms with Gasteiger partial charge >= 0.3 is 5.97 Å². The number of aromatic nitrogens is 1. The molecule has 5 N–H and O–H groups in total. The van der Waals surface area contributed by atoms with Crippen LogP contribution in [0.25, 0.3) is 0 Å². The predicted octanol–water partition coefficient (Wildman–Crippen LogP) is 0.0675. The fraction of sp³-hybridized carbons (Fsp3) is 0.250. The number of anilines is 1. The summed E-state index contributed by atoms with van der Waals surface area (Å²) in [5.41, 5.74) is 8.10. The van der Waals surface area contributed by atoms with Crippen molar-refractivity contribution < 1.29 is 9.63 Å². The average molecular weight is 228 g/mol. The molecule has 0 unspecified atom stereocenters. The van der Waals surface area contributed by atoms with Crippen LogP contribution in [0, 0.1) is 0 Å². The first-order chi connectivity index (χ1) is 7.24. The Hall–Kier alpha value is -1.31. The van der Waals surface area contributed by atoms with Gasteiger partial charge in [0, 0.05) is 16.8 Å². The molecule has 0 aliphatic heterocycles. The van der Waals surface area contributed by atoms with Crippen molar-refractivity contribution in [2.45, 2.75) is 11.3 Å². The van der Waals surface area contributed by atoms with Crippen LogP contribution in [0.4, 0.5) is 5.69 Å². The molecule has 0 saturated heterocycles. The molecule has 0 saturated carbocycles. The number of hydrogen-bond donors (Lipinski definition) is 3. The van der Waals surface area contributed by atoms with Gasteiger partial charge in [0.15, 0.2) is 0 Å². The molecule has 1 heterocycles. The minimum atomic E-state index is -0.405. The SMILES string of the molecule is NNOC(=O)CCSc1ccncc1N. The second-order valence-electron chi connectivity index (χ2n) is 2.60. The Balaban J connectivity index is 2.32. The summed E-state index contributed by atoms with van der Waals surface area (Å²) in [5, 5.41) is 0. The van der Waals surface area contributed by atoms with E-state index in [4.69, 9.17) is 11.6 Å². The lowest BCUT2D eigenvalue weighted by atomic mass is 10.4. The zero-order valence-electron chi connectivity index (χ0n) is 7.97. The third-order valence-corrected chi connectivity index (χ3v) is 2.64. The van der Waals surface area contributed by atoms with E-state index in [-0.39, 0.29) is 6.42 Å². The number of hydrazine groups is 1. The molecule has 6 nitrogen and oxygen atoms in total. The van der Waals surface area contributed by atoms with Gasteiger partial charge in [-0.15, -0.1) is 11.8 Å². The molecule has 7 heteroatoms. The standard InChI is InChI=1S/C8H12N4O2S/c9-6-5-11-3-1-7(6)15-4-2-8(13)14-12-10/h1,3,5,12H,2,4,9-10H2. The fourth-order valence-corrected chi connectivity index (χ4v) is 1.75. The summed E-state index contributed by atoms with van der Waals surface area (Å²) in [4.78, 5) is 20.0. The molecule has 0 atom stereocenters. The second kappa shape index (κ2) is 6.23. The van der Waals surface area contributed by atoms with Gasteiger partial charge < -0.3 is 10.6 Å². The smallest absolute Gasteiger partial charge is 0.327 e. The van der Waals surface area contributed by atoms with E-state index in [1.807, 2.05) is 5.59 Å². The number of nitrogen functional groups attached to an aromatic ring is 1. The summed E-state index contributed by atoms with van der Waals surface area (Å²) < 4.78 is 0. The maximum absolute atomic E-state index is 10.9. The first-order valence-corrected chi connectivity index (χ1v) is 5.20. The summed E-state index contributed by atoms with van der Waals surface area (Å²) in [6, 6.07) is 1.80. The maximum atomic E-state index is 10.9. The highest BCUT2D eigenvalue weighted by molar-refractivity contribution is 7.99. The molecule has 0 aromatic carbocycles. The van der Waals surface area contributed by atoms with Crippen molar-refractivity contribution in [3.8, 4) is 0 Å². The summed E-state index contributed by atoms with van der Waals surface area (Å²) in [7, 11) is 0. The van der Waals surface area contributed by atoms with Crippen molar-refractivity contribution in [3.05, 3.63) is 18.5 Å². The van der Waals surface area contributed by atoms with Crippen molar-refractivity contribution in [3.63, 3.8) is 0 Å². The zero-order valence-corrected chi connectivity index (χ0v) is 8.79. The lowest BCUT2D eigenvalue weighted by molar-refractivity contribution is -0.150. The normalized spacial score (nSPS) is 9.93. The van der Waals surface area contributed by atoms with Crippen LogP contribution in [0.5, 0.6) is 0 Å². The van der Waals surface area contributed by atoms with Gasteiger partial charge in [-0.2, -0.15) is 0 Å².